The van der Waals surface area contributed by atoms with Crippen LogP contribution in [-0.2, 0) is 41.8 Å². The standard InChI is InChI=1S/C52H58N4O9/c1-4-32(26-8-6-7-9-26)51(62)64-41-22-37-47(61)45-40(60)21-31(24-57)63-49(45)46-43-35-16-17-55-50(53)44(35)34(15-11-27-10-13-30(59)20-36(27)38(43)25-58)33-14-12-28-19-42(54-5-2)56-23-29(28)18-39(33)52(41,3)65-48(37)46/h4,10,13,16-17,19-21,23,26,33-34,38-39,41,43,57-59,61H,5-9,11-12,14-15,18,22,24-25H2,1-3H3,(H2,53,55)(H,54,56). The zero-order chi connectivity index (χ0) is 45.3. The van der Waals surface area contributed by atoms with E-state index in [2.05, 4.69) is 11.4 Å². The Kier molecular flexibility index (Phi) is 11.1. The maximum atomic E-state index is 14.7. The fourth-order valence-electron chi connectivity index (χ4n) is 12.7. The summed E-state index contributed by atoms with van der Waals surface area (Å²) in [4.78, 5) is 38.6. The van der Waals surface area contributed by atoms with E-state index in [4.69, 9.17) is 29.6 Å². The Hall–Kier alpha value is -5.92. The second kappa shape index (κ2) is 16.8. The number of aromatic hydroxyl groups is 2. The van der Waals surface area contributed by atoms with Gasteiger partial charge >= 0.3 is 5.97 Å². The number of rotatable bonds is 7. The lowest BCUT2D eigenvalue weighted by molar-refractivity contribution is -0.169. The number of hydrogen-bond donors (Lipinski definition) is 6. The SMILES string of the molecule is CC=C(C(=O)OC1Cc2c3c(c4oc(CO)cc(=O)c4c2O)C2c4ccnc(N)c4C(CCc4ccc(O)cc4C2CO)C2CCc4cc(NCC)ncc4CC2C1(C)O3)C1CCCC1. The molecule has 2 aliphatic heterocycles. The molecule has 13 heteroatoms. The maximum Gasteiger partial charge on any atom is 0.334 e. The number of ether oxygens (including phenoxy) is 2. The number of nitrogens with zero attached hydrogens (tertiary/aromatic N) is 2. The van der Waals surface area contributed by atoms with Gasteiger partial charge in [-0.3, -0.25) is 4.79 Å². The van der Waals surface area contributed by atoms with E-state index in [-0.39, 0.29) is 69.6 Å². The first kappa shape index (κ1) is 43.0. The second-order valence-corrected chi connectivity index (χ2v) is 19.0. The number of allylic oxidation sites excluding steroid dienone is 1. The van der Waals surface area contributed by atoms with Crippen molar-refractivity contribution in [1.29, 1.82) is 0 Å². The number of phenolic OH excluding ortho intramolecular Hbond substituents is 2. The summed E-state index contributed by atoms with van der Waals surface area (Å²) in [5.74, 6) is -1.73. The van der Waals surface area contributed by atoms with Crippen molar-refractivity contribution in [2.75, 3.05) is 24.2 Å². The molecule has 3 aliphatic carbocycles. The van der Waals surface area contributed by atoms with Gasteiger partial charge in [-0.1, -0.05) is 25.0 Å². The number of phenols is 2. The maximum absolute atomic E-state index is 14.7. The van der Waals surface area contributed by atoms with E-state index in [9.17, 15) is 30.0 Å². The van der Waals surface area contributed by atoms with Crippen LogP contribution in [0.1, 0.15) is 127 Å². The van der Waals surface area contributed by atoms with Crippen LogP contribution in [0.25, 0.3) is 11.0 Å². The zero-order valence-electron chi connectivity index (χ0n) is 37.2. The number of nitrogens with one attached hydrogen (secondary N) is 1. The van der Waals surface area contributed by atoms with Crippen molar-refractivity contribution in [2.24, 2.45) is 17.8 Å². The molecule has 0 saturated heterocycles. The van der Waals surface area contributed by atoms with Crippen LogP contribution in [0.4, 0.5) is 11.6 Å². The summed E-state index contributed by atoms with van der Waals surface area (Å²) in [7, 11) is 0. The summed E-state index contributed by atoms with van der Waals surface area (Å²) in [6.45, 7) is 5.65. The van der Waals surface area contributed by atoms with Crippen molar-refractivity contribution in [2.45, 2.75) is 121 Å². The van der Waals surface area contributed by atoms with Crippen LogP contribution in [0.15, 0.2) is 69.7 Å². The number of esters is 1. The van der Waals surface area contributed by atoms with E-state index in [1.165, 1.54) is 6.07 Å². The average Bonchev–Trinajstić information content (AvgIpc) is 3.76. The molecule has 7 atom stereocenters. The van der Waals surface area contributed by atoms with E-state index >= 15 is 0 Å². The molecular formula is C52H58N4O9. The summed E-state index contributed by atoms with van der Waals surface area (Å²) in [5, 5.41) is 49.2. The lowest BCUT2D eigenvalue weighted by Gasteiger charge is -2.51. The molecule has 340 valence electrons. The number of hydrogen-bond acceptors (Lipinski definition) is 13. The Balaban J connectivity index is 1.32. The smallest absolute Gasteiger partial charge is 0.334 e. The van der Waals surface area contributed by atoms with Crippen molar-refractivity contribution in [3.8, 4) is 17.2 Å². The van der Waals surface area contributed by atoms with E-state index in [0.717, 1.165) is 65.7 Å². The van der Waals surface area contributed by atoms with Crippen LogP contribution in [-0.4, -0.2) is 61.2 Å². The van der Waals surface area contributed by atoms with Gasteiger partial charge < -0.3 is 45.4 Å². The molecule has 0 amide bonds. The molecule has 7 unspecified atom stereocenters. The van der Waals surface area contributed by atoms with Crippen LogP contribution >= 0.6 is 0 Å². The zero-order valence-corrected chi connectivity index (χ0v) is 37.2. The van der Waals surface area contributed by atoms with Gasteiger partial charge in [0.15, 0.2) is 5.43 Å². The highest BCUT2D eigenvalue weighted by Gasteiger charge is 2.57. The van der Waals surface area contributed by atoms with Gasteiger partial charge in [0, 0.05) is 71.4 Å². The summed E-state index contributed by atoms with van der Waals surface area (Å²) < 4.78 is 21.0. The fourth-order valence-corrected chi connectivity index (χ4v) is 12.7. The van der Waals surface area contributed by atoms with Crippen molar-refractivity contribution < 1.29 is 39.1 Å². The van der Waals surface area contributed by atoms with E-state index in [1.807, 2.05) is 45.2 Å². The van der Waals surface area contributed by atoms with E-state index in [0.29, 0.717) is 54.7 Å². The Morgan fingerprint density at radius 3 is 2.54 bits per heavy atom. The summed E-state index contributed by atoms with van der Waals surface area (Å²) in [6, 6.07) is 10.5. The first-order chi connectivity index (χ1) is 31.5. The number of aliphatic hydroxyl groups is 2. The number of aliphatic hydroxyl groups excluding tert-OH is 2. The number of nitrogen functional groups attached to an aromatic ring is 1. The minimum atomic E-state index is -1.28. The number of fused-ring (bicyclic) bond motifs is 9. The normalized spacial score (nSPS) is 26.0. The largest absolute Gasteiger partial charge is 0.508 e. The Morgan fingerprint density at radius 2 is 1.78 bits per heavy atom. The Labute approximate surface area is 377 Å². The third kappa shape index (κ3) is 7.04. The fraction of sp³-hybridized carbons (Fsp3) is 0.462. The third-order valence-electron chi connectivity index (χ3n) is 15.7. The monoisotopic (exact) mass is 882 g/mol. The predicted molar refractivity (Wildman–Crippen MR) is 245 cm³/mol. The van der Waals surface area contributed by atoms with Gasteiger partial charge in [-0.15, -0.1) is 0 Å². The predicted octanol–water partition coefficient (Wildman–Crippen LogP) is 7.62. The van der Waals surface area contributed by atoms with Crippen molar-refractivity contribution in [1.82, 2.24) is 9.97 Å². The molecule has 2 aromatic carbocycles. The lowest BCUT2D eigenvalue weighted by atomic mass is 9.62. The molecule has 1 saturated carbocycles. The van der Waals surface area contributed by atoms with E-state index in [1.54, 1.807) is 18.3 Å². The van der Waals surface area contributed by atoms with Crippen molar-refractivity contribution in [3.05, 3.63) is 121 Å². The summed E-state index contributed by atoms with van der Waals surface area (Å²) in [5.41, 5.74) is 12.0. The van der Waals surface area contributed by atoms with Crippen LogP contribution in [0.3, 0.4) is 0 Å². The number of carbonyl (C=O) groups is 1. The number of aryl methyl sites for hydroxylation is 2. The highest BCUT2D eigenvalue weighted by Crippen LogP contribution is 2.60. The molecule has 0 spiro atoms. The van der Waals surface area contributed by atoms with Crippen LogP contribution < -0.4 is 21.2 Å². The first-order valence-corrected chi connectivity index (χ1v) is 23.4. The molecule has 5 aromatic rings. The number of pyridine rings is 2. The minimum absolute atomic E-state index is 0.00111. The van der Waals surface area contributed by atoms with E-state index < -0.39 is 48.2 Å². The second-order valence-electron chi connectivity index (χ2n) is 19.0. The topological polar surface area (TPSA) is 210 Å². The molecule has 0 radical (unpaired) electrons. The molecule has 5 heterocycles. The average molecular weight is 883 g/mol. The van der Waals surface area contributed by atoms with Crippen LogP contribution in [0.5, 0.6) is 17.2 Å². The quantitative estimate of drug-likeness (QED) is 0.0688. The van der Waals surface area contributed by atoms with Crippen LogP contribution in [0, 0.1) is 17.8 Å². The number of benzene rings is 2. The number of carbonyl (C=O) groups excluding carboxylic acids is 1. The highest BCUT2D eigenvalue weighted by molar-refractivity contribution is 5.92. The Morgan fingerprint density at radius 1 is 0.985 bits per heavy atom. The molecule has 10 rings (SSSR count). The summed E-state index contributed by atoms with van der Waals surface area (Å²) in [6.07, 6.45) is 11.5. The molecule has 4 bridgehead atoms. The van der Waals surface area contributed by atoms with Gasteiger partial charge in [-0.2, -0.15) is 0 Å². The molecule has 1 fully saturated rings. The molecule has 13 nitrogen and oxygen atoms in total. The van der Waals surface area contributed by atoms with Crippen molar-refractivity contribution >= 4 is 28.6 Å². The van der Waals surface area contributed by atoms with Gasteiger partial charge in [0.1, 0.15) is 63.9 Å². The highest BCUT2D eigenvalue weighted by atomic mass is 16.6. The van der Waals surface area contributed by atoms with Crippen LogP contribution in [0.2, 0.25) is 0 Å². The molecule has 3 aromatic heterocycles. The molecular weight excluding hydrogens is 825 g/mol. The van der Waals surface area contributed by atoms with Gasteiger partial charge in [0.2, 0.25) is 0 Å². The van der Waals surface area contributed by atoms with Gasteiger partial charge in [0.05, 0.1) is 6.61 Å². The molecule has 65 heavy (non-hydrogen) atoms. The Bertz CT molecular complexity index is 2800. The first-order valence-electron chi connectivity index (χ1n) is 23.4. The third-order valence-corrected chi connectivity index (χ3v) is 15.7. The number of nitrogens with two attached hydrogens (primary N) is 1. The molecule has 5 aliphatic rings. The minimum Gasteiger partial charge on any atom is -0.508 e. The molecule has 7 N–H and O–H groups in total. The van der Waals surface area contributed by atoms with Gasteiger partial charge in [-0.05, 0) is 136 Å². The lowest BCUT2D eigenvalue weighted by Crippen LogP contribution is -2.59. The number of anilines is 2. The summed E-state index contributed by atoms with van der Waals surface area (Å²) >= 11 is 0. The van der Waals surface area contributed by atoms with Gasteiger partial charge in [-0.25, -0.2) is 14.8 Å². The van der Waals surface area contributed by atoms with Crippen molar-refractivity contribution in [3.63, 3.8) is 0 Å². The number of aromatic nitrogens is 2. The van der Waals surface area contributed by atoms with Gasteiger partial charge in [0.25, 0.3) is 0 Å².